The summed E-state index contributed by atoms with van der Waals surface area (Å²) in [7, 11) is 0. The molecule has 0 saturated heterocycles. The highest BCUT2D eigenvalue weighted by Gasteiger charge is 2.26. The molecule has 1 heterocycles. The zero-order valence-electron chi connectivity index (χ0n) is 13.9. The van der Waals surface area contributed by atoms with Gasteiger partial charge >= 0.3 is 0 Å². The van der Waals surface area contributed by atoms with Gasteiger partial charge in [0.05, 0.1) is 5.69 Å². The summed E-state index contributed by atoms with van der Waals surface area (Å²) in [5.74, 6) is 0.865. The van der Waals surface area contributed by atoms with E-state index in [4.69, 9.17) is 0 Å². The zero-order chi connectivity index (χ0) is 15.1. The Bertz CT molecular complexity index is 419. The first-order chi connectivity index (χ1) is 10.2. The Kier molecular flexibility index (Phi) is 6.65. The molecule has 1 aliphatic carbocycles. The molecule has 1 aromatic heterocycles. The lowest BCUT2D eigenvalue weighted by Gasteiger charge is -2.25. The number of hydrogen-bond acceptors (Lipinski definition) is 3. The van der Waals surface area contributed by atoms with Crippen LogP contribution in [0.15, 0.2) is 18.2 Å². The summed E-state index contributed by atoms with van der Waals surface area (Å²) >= 11 is 0. The fourth-order valence-corrected chi connectivity index (χ4v) is 3.53. The molecular weight excluding hydrogens is 258 g/mol. The van der Waals surface area contributed by atoms with Crippen molar-refractivity contribution < 1.29 is 0 Å². The molecule has 21 heavy (non-hydrogen) atoms. The molecule has 1 aliphatic rings. The predicted octanol–water partition coefficient (Wildman–Crippen LogP) is 3.38. The Hall–Kier alpha value is -0.930. The van der Waals surface area contributed by atoms with Crippen LogP contribution in [0, 0.1) is 12.8 Å². The Morgan fingerprint density at radius 1 is 1.29 bits per heavy atom. The third kappa shape index (κ3) is 5.08. The number of nitrogens with zero attached hydrogens (tertiary/aromatic N) is 2. The van der Waals surface area contributed by atoms with Crippen molar-refractivity contribution >= 4 is 0 Å². The molecular formula is C18H31N3. The van der Waals surface area contributed by atoms with E-state index >= 15 is 0 Å². The minimum Gasteiger partial charge on any atom is -0.314 e. The van der Waals surface area contributed by atoms with Gasteiger partial charge in [0.25, 0.3) is 0 Å². The van der Waals surface area contributed by atoms with Crippen molar-refractivity contribution in [3.05, 3.63) is 29.6 Å². The summed E-state index contributed by atoms with van der Waals surface area (Å²) in [6, 6.07) is 7.08. The van der Waals surface area contributed by atoms with Crippen LogP contribution in [0.3, 0.4) is 0 Å². The molecule has 1 saturated carbocycles. The van der Waals surface area contributed by atoms with Crippen LogP contribution in [-0.2, 0) is 6.54 Å². The number of hydrogen-bond donors (Lipinski definition) is 1. The summed E-state index contributed by atoms with van der Waals surface area (Å²) < 4.78 is 0. The number of aryl methyl sites for hydroxylation is 1. The molecule has 0 radical (unpaired) electrons. The van der Waals surface area contributed by atoms with E-state index in [1.807, 2.05) is 0 Å². The van der Waals surface area contributed by atoms with Crippen LogP contribution in [0.4, 0.5) is 0 Å². The van der Waals surface area contributed by atoms with Crippen molar-refractivity contribution in [2.75, 3.05) is 19.6 Å². The number of rotatable bonds is 8. The van der Waals surface area contributed by atoms with E-state index in [2.05, 4.69) is 54.2 Å². The van der Waals surface area contributed by atoms with E-state index in [1.165, 1.54) is 37.9 Å². The maximum absolute atomic E-state index is 4.63. The minimum absolute atomic E-state index is 0.755. The SMILES string of the molecule is CCNC1CCCC1CCN(CC)Cc1cccc(C)n1. The molecule has 2 rings (SSSR count). The van der Waals surface area contributed by atoms with E-state index in [1.54, 1.807) is 0 Å². The fourth-order valence-electron chi connectivity index (χ4n) is 3.53. The summed E-state index contributed by atoms with van der Waals surface area (Å²) in [4.78, 5) is 7.16. The fraction of sp³-hybridized carbons (Fsp3) is 0.722. The quantitative estimate of drug-likeness (QED) is 0.795. The van der Waals surface area contributed by atoms with E-state index < -0.39 is 0 Å². The molecule has 0 spiro atoms. The molecule has 1 aromatic rings. The van der Waals surface area contributed by atoms with Gasteiger partial charge in [0.1, 0.15) is 0 Å². The third-order valence-electron chi connectivity index (χ3n) is 4.72. The first-order valence-corrected chi connectivity index (χ1v) is 8.61. The van der Waals surface area contributed by atoms with Gasteiger partial charge in [-0.1, -0.05) is 26.3 Å². The average Bonchev–Trinajstić information content (AvgIpc) is 2.91. The average molecular weight is 289 g/mol. The van der Waals surface area contributed by atoms with E-state index in [-0.39, 0.29) is 0 Å². The lowest BCUT2D eigenvalue weighted by atomic mass is 9.99. The van der Waals surface area contributed by atoms with Crippen molar-refractivity contribution in [1.82, 2.24) is 15.2 Å². The Morgan fingerprint density at radius 2 is 2.14 bits per heavy atom. The van der Waals surface area contributed by atoms with Crippen molar-refractivity contribution in [2.45, 2.75) is 59.0 Å². The normalized spacial score (nSPS) is 22.1. The molecule has 0 aromatic carbocycles. The Balaban J connectivity index is 1.82. The molecule has 1 N–H and O–H groups in total. The molecule has 0 aliphatic heterocycles. The smallest absolute Gasteiger partial charge is 0.0547 e. The van der Waals surface area contributed by atoms with Crippen molar-refractivity contribution in [2.24, 2.45) is 5.92 Å². The van der Waals surface area contributed by atoms with Gasteiger partial charge in [-0.25, -0.2) is 0 Å². The van der Waals surface area contributed by atoms with Crippen LogP contribution in [0.2, 0.25) is 0 Å². The van der Waals surface area contributed by atoms with Crippen LogP contribution in [0.5, 0.6) is 0 Å². The third-order valence-corrected chi connectivity index (χ3v) is 4.72. The van der Waals surface area contributed by atoms with E-state index in [9.17, 15) is 0 Å². The van der Waals surface area contributed by atoms with Crippen LogP contribution in [-0.4, -0.2) is 35.6 Å². The minimum atomic E-state index is 0.755. The van der Waals surface area contributed by atoms with Crippen molar-refractivity contribution in [1.29, 1.82) is 0 Å². The molecule has 0 amide bonds. The van der Waals surface area contributed by atoms with E-state index in [0.29, 0.717) is 0 Å². The van der Waals surface area contributed by atoms with Gasteiger partial charge in [0, 0.05) is 18.3 Å². The van der Waals surface area contributed by atoms with Crippen molar-refractivity contribution in [3.63, 3.8) is 0 Å². The summed E-state index contributed by atoms with van der Waals surface area (Å²) in [5, 5.41) is 3.66. The van der Waals surface area contributed by atoms with Gasteiger partial charge in [0.15, 0.2) is 0 Å². The lowest BCUT2D eigenvalue weighted by Crippen LogP contribution is -2.34. The molecule has 3 nitrogen and oxygen atoms in total. The first-order valence-electron chi connectivity index (χ1n) is 8.61. The highest BCUT2D eigenvalue weighted by Crippen LogP contribution is 2.28. The molecule has 3 heteroatoms. The summed E-state index contributed by atoms with van der Waals surface area (Å²) in [5.41, 5.74) is 2.32. The number of aromatic nitrogens is 1. The largest absolute Gasteiger partial charge is 0.314 e. The monoisotopic (exact) mass is 289 g/mol. The van der Waals surface area contributed by atoms with Crippen molar-refractivity contribution in [3.8, 4) is 0 Å². The van der Waals surface area contributed by atoms with Crippen LogP contribution >= 0.6 is 0 Å². The zero-order valence-corrected chi connectivity index (χ0v) is 13.9. The summed E-state index contributed by atoms with van der Waals surface area (Å²) in [6.07, 6.45) is 5.48. The second kappa shape index (κ2) is 8.50. The first kappa shape index (κ1) is 16.4. The Morgan fingerprint density at radius 3 is 2.86 bits per heavy atom. The van der Waals surface area contributed by atoms with Gasteiger partial charge in [0.2, 0.25) is 0 Å². The summed E-state index contributed by atoms with van der Waals surface area (Å²) in [6.45, 7) is 10.9. The Labute approximate surface area is 130 Å². The van der Waals surface area contributed by atoms with Gasteiger partial charge in [-0.2, -0.15) is 0 Å². The maximum atomic E-state index is 4.63. The highest BCUT2D eigenvalue weighted by atomic mass is 15.1. The maximum Gasteiger partial charge on any atom is 0.0547 e. The molecule has 118 valence electrons. The van der Waals surface area contributed by atoms with Gasteiger partial charge in [-0.05, 0) is 63.9 Å². The van der Waals surface area contributed by atoms with Gasteiger partial charge in [-0.15, -0.1) is 0 Å². The second-order valence-electron chi connectivity index (χ2n) is 6.28. The topological polar surface area (TPSA) is 28.2 Å². The number of nitrogens with one attached hydrogen (secondary N) is 1. The molecule has 2 unspecified atom stereocenters. The van der Waals surface area contributed by atoms with E-state index in [0.717, 1.165) is 37.3 Å². The second-order valence-corrected chi connectivity index (χ2v) is 6.28. The standard InChI is InChI=1S/C18H31N3/c1-4-19-18-11-7-9-16(18)12-13-21(5-2)14-17-10-6-8-15(3)20-17/h6,8,10,16,18-19H,4-5,7,9,11-14H2,1-3H3. The lowest BCUT2D eigenvalue weighted by molar-refractivity contribution is 0.242. The molecule has 0 bridgehead atoms. The van der Waals surface area contributed by atoms with Gasteiger partial charge < -0.3 is 5.32 Å². The van der Waals surface area contributed by atoms with Crippen LogP contribution < -0.4 is 5.32 Å². The highest BCUT2D eigenvalue weighted by molar-refractivity contribution is 5.09. The molecule has 2 atom stereocenters. The predicted molar refractivity (Wildman–Crippen MR) is 89.3 cm³/mol. The van der Waals surface area contributed by atoms with Crippen LogP contribution in [0.25, 0.3) is 0 Å². The number of pyridine rings is 1. The molecule has 1 fully saturated rings. The van der Waals surface area contributed by atoms with Gasteiger partial charge in [-0.3, -0.25) is 9.88 Å². The van der Waals surface area contributed by atoms with Crippen LogP contribution in [0.1, 0.15) is 50.9 Å².